The van der Waals surface area contributed by atoms with Gasteiger partial charge in [-0.1, -0.05) is 47.5 Å². The van der Waals surface area contributed by atoms with E-state index < -0.39 is 5.97 Å². The molecule has 0 saturated carbocycles. The highest BCUT2D eigenvalue weighted by Crippen LogP contribution is 2.24. The molecule has 0 saturated heterocycles. The summed E-state index contributed by atoms with van der Waals surface area (Å²) in [6.07, 6.45) is 1.48. The molecule has 0 unspecified atom stereocenters. The Hall–Kier alpha value is -2.83. The largest absolute Gasteiger partial charge is 0.545 e. The fraction of sp³-hybridized carbons (Fsp3) is 0.0556. The number of aromatic nitrogens is 2. The predicted molar refractivity (Wildman–Crippen MR) is 100 cm³/mol. The molecule has 0 fully saturated rings. The van der Waals surface area contributed by atoms with Crippen molar-refractivity contribution in [1.29, 1.82) is 0 Å². The number of aryl methyl sites for hydroxylation is 1. The molecule has 6 nitrogen and oxygen atoms in total. The van der Waals surface area contributed by atoms with Gasteiger partial charge in [-0.3, -0.25) is 5.43 Å². The van der Waals surface area contributed by atoms with E-state index in [1.54, 1.807) is 48.0 Å². The van der Waals surface area contributed by atoms with Crippen molar-refractivity contribution < 1.29 is 9.90 Å². The number of carbonyl (C=O) groups is 1. The van der Waals surface area contributed by atoms with Crippen LogP contribution in [0, 0.1) is 6.92 Å². The highest BCUT2D eigenvalue weighted by Gasteiger charge is 2.13. The van der Waals surface area contributed by atoms with Gasteiger partial charge in [-0.15, -0.1) is 0 Å². The van der Waals surface area contributed by atoms with Crippen molar-refractivity contribution in [1.82, 2.24) is 9.78 Å². The standard InChI is InChI=1S/C18H14Cl2N4O2/c1-11-15(10-21-22-16-8-3-2-7-14(16)18(25)26)17(20)24(23-11)13-6-4-5-12(19)9-13/h2-10,22H,1H3,(H,25,26)/p-1/b21-10-. The first kappa shape index (κ1) is 18.0. The molecule has 0 aliphatic carbocycles. The lowest BCUT2D eigenvalue weighted by molar-refractivity contribution is -0.254. The van der Waals surface area contributed by atoms with Crippen LogP contribution in [0.2, 0.25) is 10.2 Å². The molecule has 8 heteroatoms. The van der Waals surface area contributed by atoms with Gasteiger partial charge < -0.3 is 9.90 Å². The van der Waals surface area contributed by atoms with Crippen LogP contribution >= 0.6 is 23.2 Å². The molecule has 2 aromatic carbocycles. The van der Waals surface area contributed by atoms with Crippen LogP contribution in [0.1, 0.15) is 21.6 Å². The van der Waals surface area contributed by atoms with Gasteiger partial charge in [0.1, 0.15) is 5.15 Å². The zero-order valence-corrected chi connectivity index (χ0v) is 15.1. The summed E-state index contributed by atoms with van der Waals surface area (Å²) in [5.41, 5.74) is 5.01. The summed E-state index contributed by atoms with van der Waals surface area (Å²) in [5.74, 6) is -1.29. The van der Waals surface area contributed by atoms with E-state index in [1.165, 1.54) is 12.3 Å². The van der Waals surface area contributed by atoms with E-state index in [9.17, 15) is 9.90 Å². The average molecular weight is 388 g/mol. The maximum Gasteiger partial charge on any atom is 0.142 e. The number of anilines is 1. The molecule has 0 radical (unpaired) electrons. The van der Waals surface area contributed by atoms with Gasteiger partial charge in [0.05, 0.1) is 34.8 Å². The van der Waals surface area contributed by atoms with Crippen molar-refractivity contribution in [3.63, 3.8) is 0 Å². The Balaban J connectivity index is 1.87. The fourth-order valence-electron chi connectivity index (χ4n) is 2.36. The van der Waals surface area contributed by atoms with Gasteiger partial charge in [0.15, 0.2) is 0 Å². The number of aromatic carboxylic acids is 1. The number of nitrogens with one attached hydrogen (secondary N) is 1. The summed E-state index contributed by atoms with van der Waals surface area (Å²) in [5, 5.41) is 20.5. The Morgan fingerprint density at radius 3 is 2.73 bits per heavy atom. The molecule has 0 bridgehead atoms. The predicted octanol–water partition coefficient (Wildman–Crippen LogP) is 3.30. The fourth-order valence-corrected chi connectivity index (χ4v) is 2.87. The Morgan fingerprint density at radius 2 is 2.00 bits per heavy atom. The smallest absolute Gasteiger partial charge is 0.142 e. The van der Waals surface area contributed by atoms with Crippen LogP contribution in [-0.2, 0) is 0 Å². The van der Waals surface area contributed by atoms with Crippen LogP contribution in [0.4, 0.5) is 5.69 Å². The van der Waals surface area contributed by atoms with Gasteiger partial charge in [-0.2, -0.15) is 10.2 Å². The van der Waals surface area contributed by atoms with Gasteiger partial charge >= 0.3 is 0 Å². The topological polar surface area (TPSA) is 82.3 Å². The molecule has 132 valence electrons. The number of hydrogen-bond donors (Lipinski definition) is 1. The molecule has 0 aliphatic rings. The summed E-state index contributed by atoms with van der Waals surface area (Å²) in [6.45, 7) is 1.80. The van der Waals surface area contributed by atoms with Crippen LogP contribution in [-0.4, -0.2) is 22.0 Å². The lowest BCUT2D eigenvalue weighted by atomic mass is 10.2. The third kappa shape index (κ3) is 3.71. The van der Waals surface area contributed by atoms with E-state index in [-0.39, 0.29) is 5.56 Å². The zero-order chi connectivity index (χ0) is 18.7. The van der Waals surface area contributed by atoms with E-state index in [4.69, 9.17) is 23.2 Å². The minimum atomic E-state index is -1.29. The normalized spacial score (nSPS) is 11.0. The maximum absolute atomic E-state index is 11.1. The number of para-hydroxylation sites is 1. The minimum absolute atomic E-state index is 0.0158. The first-order valence-electron chi connectivity index (χ1n) is 7.58. The molecule has 3 aromatic rings. The van der Waals surface area contributed by atoms with Gasteiger partial charge in [0.2, 0.25) is 0 Å². The zero-order valence-electron chi connectivity index (χ0n) is 13.6. The Kier molecular flexibility index (Phi) is 5.25. The number of carbonyl (C=O) groups excluding carboxylic acids is 1. The monoisotopic (exact) mass is 387 g/mol. The quantitative estimate of drug-likeness (QED) is 0.537. The second-order valence-corrected chi connectivity index (χ2v) is 6.18. The minimum Gasteiger partial charge on any atom is -0.545 e. The van der Waals surface area contributed by atoms with Gasteiger partial charge in [0, 0.05) is 10.6 Å². The number of carboxylic acid groups (broad SMARTS) is 1. The van der Waals surface area contributed by atoms with E-state index in [0.717, 1.165) is 5.69 Å². The molecule has 0 amide bonds. The van der Waals surface area contributed by atoms with E-state index in [2.05, 4.69) is 15.6 Å². The van der Waals surface area contributed by atoms with Gasteiger partial charge in [-0.25, -0.2) is 4.68 Å². The summed E-state index contributed by atoms with van der Waals surface area (Å²) < 4.78 is 1.55. The SMILES string of the molecule is Cc1nn(-c2cccc(Cl)c2)c(Cl)c1/C=N\Nc1ccccc1C(=O)[O-]. The molecule has 0 aliphatic heterocycles. The van der Waals surface area contributed by atoms with Crippen LogP contribution in [0.15, 0.2) is 53.6 Å². The average Bonchev–Trinajstić information content (AvgIpc) is 2.90. The van der Waals surface area contributed by atoms with Crippen molar-refractivity contribution in [2.75, 3.05) is 5.43 Å². The molecule has 1 heterocycles. The van der Waals surface area contributed by atoms with Crippen molar-refractivity contribution in [2.45, 2.75) is 6.92 Å². The van der Waals surface area contributed by atoms with Crippen LogP contribution in [0.25, 0.3) is 5.69 Å². The maximum atomic E-state index is 11.1. The van der Waals surface area contributed by atoms with Gasteiger partial charge in [0.25, 0.3) is 0 Å². The third-order valence-corrected chi connectivity index (χ3v) is 4.23. The van der Waals surface area contributed by atoms with Gasteiger partial charge in [-0.05, 0) is 31.2 Å². The first-order valence-corrected chi connectivity index (χ1v) is 8.33. The Labute approximate surface area is 159 Å². The highest BCUT2D eigenvalue weighted by molar-refractivity contribution is 6.32. The van der Waals surface area contributed by atoms with Crippen molar-refractivity contribution >= 4 is 41.1 Å². The van der Waals surface area contributed by atoms with E-state index in [1.807, 2.05) is 6.07 Å². The number of benzene rings is 2. The molecule has 26 heavy (non-hydrogen) atoms. The van der Waals surface area contributed by atoms with Crippen molar-refractivity contribution in [3.8, 4) is 5.69 Å². The lowest BCUT2D eigenvalue weighted by Crippen LogP contribution is -2.23. The van der Waals surface area contributed by atoms with Crippen LogP contribution in [0.3, 0.4) is 0 Å². The summed E-state index contributed by atoms with van der Waals surface area (Å²) in [7, 11) is 0. The van der Waals surface area contributed by atoms with Crippen LogP contribution < -0.4 is 10.5 Å². The van der Waals surface area contributed by atoms with E-state index in [0.29, 0.717) is 27.1 Å². The summed E-state index contributed by atoms with van der Waals surface area (Å²) >= 11 is 12.4. The number of hydrazone groups is 1. The molecular weight excluding hydrogens is 375 g/mol. The molecule has 0 atom stereocenters. The van der Waals surface area contributed by atoms with E-state index >= 15 is 0 Å². The number of rotatable bonds is 5. The number of nitrogens with zero attached hydrogens (tertiary/aromatic N) is 3. The first-order chi connectivity index (χ1) is 12.5. The van der Waals surface area contributed by atoms with Crippen molar-refractivity contribution in [2.24, 2.45) is 5.10 Å². The second kappa shape index (κ2) is 7.59. The lowest BCUT2D eigenvalue weighted by Gasteiger charge is -2.08. The van der Waals surface area contributed by atoms with Crippen LogP contribution in [0.5, 0.6) is 0 Å². The number of carboxylic acids is 1. The molecular formula is C18H13Cl2N4O2-. The summed E-state index contributed by atoms with van der Waals surface area (Å²) in [4.78, 5) is 11.1. The molecule has 3 rings (SSSR count). The third-order valence-electron chi connectivity index (χ3n) is 3.63. The Morgan fingerprint density at radius 1 is 1.23 bits per heavy atom. The summed E-state index contributed by atoms with van der Waals surface area (Å²) in [6, 6.07) is 13.5. The molecule has 1 N–H and O–H groups in total. The second-order valence-electron chi connectivity index (χ2n) is 5.38. The number of halogens is 2. The van der Waals surface area contributed by atoms with Crippen molar-refractivity contribution in [3.05, 3.63) is 75.5 Å². The molecule has 0 spiro atoms. The molecule has 1 aromatic heterocycles. The number of hydrogen-bond acceptors (Lipinski definition) is 5. The Bertz CT molecular complexity index is 999. The highest BCUT2D eigenvalue weighted by atomic mass is 35.5.